The number of aliphatic imine (C=N–C) groups is 1. The Hall–Kier alpha value is -2.31. The highest BCUT2D eigenvalue weighted by molar-refractivity contribution is 5.86. The molecule has 7 nitrogen and oxygen atoms in total. The van der Waals surface area contributed by atoms with Crippen LogP contribution in [-0.4, -0.2) is 63.0 Å². The van der Waals surface area contributed by atoms with Crippen molar-refractivity contribution in [3.05, 3.63) is 23.9 Å². The van der Waals surface area contributed by atoms with E-state index < -0.39 is 0 Å². The highest BCUT2D eigenvalue weighted by atomic mass is 16.2. The van der Waals surface area contributed by atoms with Crippen molar-refractivity contribution < 1.29 is 4.79 Å². The summed E-state index contributed by atoms with van der Waals surface area (Å²) in [5, 5.41) is 6.33. The standard InChI is InChI=1S/C17H30N6O/c1-6-7-11-18-17(20-13-16(24)23(4)5)19-12-14-9-8-10-15(21-14)22(2)3/h8-10H,6-7,11-13H2,1-5H3,(H2,18,19,20). The molecule has 0 unspecified atom stereocenters. The molecule has 0 saturated heterocycles. The predicted molar refractivity (Wildman–Crippen MR) is 99.3 cm³/mol. The molecule has 1 aromatic rings. The van der Waals surface area contributed by atoms with Gasteiger partial charge in [0.15, 0.2) is 5.96 Å². The third-order valence-electron chi connectivity index (χ3n) is 3.38. The average molecular weight is 334 g/mol. The van der Waals surface area contributed by atoms with Crippen molar-refractivity contribution in [2.45, 2.75) is 26.3 Å². The fraction of sp³-hybridized carbons (Fsp3) is 0.588. The summed E-state index contributed by atoms with van der Waals surface area (Å²) in [6.45, 7) is 3.64. The van der Waals surface area contributed by atoms with E-state index in [1.807, 2.05) is 37.2 Å². The Morgan fingerprint density at radius 2 is 1.96 bits per heavy atom. The molecule has 1 rings (SSSR count). The molecule has 0 radical (unpaired) electrons. The van der Waals surface area contributed by atoms with Gasteiger partial charge in [-0.05, 0) is 18.6 Å². The Kier molecular flexibility index (Phi) is 8.60. The number of anilines is 1. The normalized spacial score (nSPS) is 11.1. The second-order valence-corrected chi connectivity index (χ2v) is 5.97. The second kappa shape index (κ2) is 10.5. The minimum absolute atomic E-state index is 0.00715. The first-order chi connectivity index (χ1) is 11.4. The number of rotatable bonds is 8. The number of guanidine groups is 1. The first-order valence-corrected chi connectivity index (χ1v) is 8.29. The number of carbonyl (C=O) groups is 1. The second-order valence-electron chi connectivity index (χ2n) is 5.97. The van der Waals surface area contributed by atoms with Crippen LogP contribution in [0.1, 0.15) is 25.5 Å². The van der Waals surface area contributed by atoms with Crippen LogP contribution in [0.5, 0.6) is 0 Å². The van der Waals surface area contributed by atoms with Crippen LogP contribution in [0.15, 0.2) is 23.2 Å². The smallest absolute Gasteiger partial charge is 0.241 e. The molecule has 0 aliphatic rings. The summed E-state index contributed by atoms with van der Waals surface area (Å²) < 4.78 is 0. The molecular weight excluding hydrogens is 304 g/mol. The zero-order valence-corrected chi connectivity index (χ0v) is 15.5. The Balaban J connectivity index is 2.71. The number of nitrogens with zero attached hydrogens (tertiary/aromatic N) is 4. The lowest BCUT2D eigenvalue weighted by Gasteiger charge is -2.15. The third-order valence-corrected chi connectivity index (χ3v) is 3.38. The molecule has 0 atom stereocenters. The maximum Gasteiger partial charge on any atom is 0.241 e. The van der Waals surface area contributed by atoms with Gasteiger partial charge in [0.2, 0.25) is 5.91 Å². The highest BCUT2D eigenvalue weighted by Crippen LogP contribution is 2.08. The minimum atomic E-state index is 0.00715. The van der Waals surface area contributed by atoms with Crippen LogP contribution in [0.4, 0.5) is 5.82 Å². The van der Waals surface area contributed by atoms with Crippen molar-refractivity contribution >= 4 is 17.7 Å². The molecule has 134 valence electrons. The highest BCUT2D eigenvalue weighted by Gasteiger charge is 2.06. The molecule has 0 aromatic carbocycles. The van der Waals surface area contributed by atoms with Gasteiger partial charge in [0.05, 0.1) is 18.8 Å². The van der Waals surface area contributed by atoms with E-state index in [2.05, 4.69) is 27.5 Å². The van der Waals surface area contributed by atoms with Gasteiger partial charge in [-0.3, -0.25) is 4.79 Å². The van der Waals surface area contributed by atoms with Gasteiger partial charge in [-0.1, -0.05) is 19.4 Å². The average Bonchev–Trinajstić information content (AvgIpc) is 2.56. The van der Waals surface area contributed by atoms with E-state index in [-0.39, 0.29) is 12.5 Å². The molecule has 0 aliphatic carbocycles. The Labute approximate surface area is 145 Å². The third kappa shape index (κ3) is 7.30. The molecule has 0 aliphatic heterocycles. The number of nitrogens with one attached hydrogen (secondary N) is 2. The van der Waals surface area contributed by atoms with Crippen molar-refractivity contribution in [2.75, 3.05) is 46.2 Å². The van der Waals surface area contributed by atoms with Gasteiger partial charge in [0, 0.05) is 34.7 Å². The number of carbonyl (C=O) groups excluding carboxylic acids is 1. The lowest BCUT2D eigenvalue weighted by atomic mass is 10.3. The van der Waals surface area contributed by atoms with Gasteiger partial charge in [0.25, 0.3) is 0 Å². The SMILES string of the molecule is CCCCNC(=NCc1cccc(N(C)C)n1)NCC(=O)N(C)C. The van der Waals surface area contributed by atoms with Crippen molar-refractivity contribution in [3.8, 4) is 0 Å². The molecule has 1 heterocycles. The van der Waals surface area contributed by atoms with Crippen LogP contribution < -0.4 is 15.5 Å². The summed E-state index contributed by atoms with van der Waals surface area (Å²) in [4.78, 5) is 24.3. The van der Waals surface area contributed by atoms with Crippen LogP contribution in [0.25, 0.3) is 0 Å². The molecule has 2 N–H and O–H groups in total. The first kappa shape index (κ1) is 19.7. The molecule has 7 heteroatoms. The number of pyridine rings is 1. The van der Waals surface area contributed by atoms with E-state index >= 15 is 0 Å². The zero-order chi connectivity index (χ0) is 17.9. The molecule has 1 amide bonds. The van der Waals surface area contributed by atoms with Crippen LogP contribution in [0.2, 0.25) is 0 Å². The number of unbranched alkanes of at least 4 members (excludes halogenated alkanes) is 1. The molecule has 1 aromatic heterocycles. The zero-order valence-electron chi connectivity index (χ0n) is 15.5. The lowest BCUT2D eigenvalue weighted by molar-refractivity contribution is -0.127. The van der Waals surface area contributed by atoms with Crippen LogP contribution >= 0.6 is 0 Å². The maximum atomic E-state index is 11.7. The van der Waals surface area contributed by atoms with Crippen LogP contribution in [0, 0.1) is 0 Å². The summed E-state index contributed by atoms with van der Waals surface area (Å²) >= 11 is 0. The van der Waals surface area contributed by atoms with E-state index in [9.17, 15) is 4.79 Å². The number of hydrogen-bond donors (Lipinski definition) is 2. The van der Waals surface area contributed by atoms with E-state index in [0.717, 1.165) is 30.9 Å². The fourth-order valence-electron chi connectivity index (χ4n) is 1.84. The number of aromatic nitrogens is 1. The van der Waals surface area contributed by atoms with Gasteiger partial charge < -0.3 is 20.4 Å². The lowest BCUT2D eigenvalue weighted by Crippen LogP contribution is -2.43. The molecule has 0 saturated carbocycles. The Morgan fingerprint density at radius 1 is 1.21 bits per heavy atom. The van der Waals surface area contributed by atoms with Crippen LogP contribution in [-0.2, 0) is 11.3 Å². The van der Waals surface area contributed by atoms with Crippen LogP contribution in [0.3, 0.4) is 0 Å². The number of amides is 1. The minimum Gasteiger partial charge on any atom is -0.363 e. The maximum absolute atomic E-state index is 11.7. The van der Waals surface area contributed by atoms with Crippen molar-refractivity contribution in [2.24, 2.45) is 4.99 Å². The van der Waals surface area contributed by atoms with E-state index in [1.165, 1.54) is 0 Å². The topological polar surface area (TPSA) is 72.9 Å². The van der Waals surface area contributed by atoms with Gasteiger partial charge in [-0.15, -0.1) is 0 Å². The summed E-state index contributed by atoms with van der Waals surface area (Å²) in [6, 6.07) is 5.88. The monoisotopic (exact) mass is 334 g/mol. The molecule has 0 spiro atoms. The Bertz CT molecular complexity index is 542. The van der Waals surface area contributed by atoms with Gasteiger partial charge in [-0.2, -0.15) is 0 Å². The fourth-order valence-corrected chi connectivity index (χ4v) is 1.84. The van der Waals surface area contributed by atoms with Crippen molar-refractivity contribution in [1.29, 1.82) is 0 Å². The predicted octanol–water partition coefficient (Wildman–Crippen LogP) is 1.07. The number of hydrogen-bond acceptors (Lipinski definition) is 4. The van der Waals surface area contributed by atoms with E-state index in [4.69, 9.17) is 0 Å². The van der Waals surface area contributed by atoms with E-state index in [0.29, 0.717) is 12.5 Å². The summed E-state index contributed by atoms with van der Waals surface area (Å²) in [5.74, 6) is 1.54. The van der Waals surface area contributed by atoms with Gasteiger partial charge in [0.1, 0.15) is 5.82 Å². The molecule has 0 bridgehead atoms. The largest absolute Gasteiger partial charge is 0.363 e. The van der Waals surface area contributed by atoms with Gasteiger partial charge in [-0.25, -0.2) is 9.98 Å². The van der Waals surface area contributed by atoms with E-state index in [1.54, 1.807) is 19.0 Å². The summed E-state index contributed by atoms with van der Waals surface area (Å²) in [5.41, 5.74) is 0.886. The van der Waals surface area contributed by atoms with Crippen molar-refractivity contribution in [3.63, 3.8) is 0 Å². The first-order valence-electron chi connectivity index (χ1n) is 8.29. The van der Waals surface area contributed by atoms with Gasteiger partial charge >= 0.3 is 0 Å². The summed E-state index contributed by atoms with van der Waals surface area (Å²) in [7, 11) is 7.40. The van der Waals surface area contributed by atoms with Crippen molar-refractivity contribution in [1.82, 2.24) is 20.5 Å². The molecule has 24 heavy (non-hydrogen) atoms. The summed E-state index contributed by atoms with van der Waals surface area (Å²) in [6.07, 6.45) is 2.15. The molecule has 0 fully saturated rings. The Morgan fingerprint density at radius 3 is 2.58 bits per heavy atom. The number of likely N-dealkylation sites (N-methyl/N-ethyl adjacent to an activating group) is 1. The molecular formula is C17H30N6O. The quantitative estimate of drug-likeness (QED) is 0.423.